The SMILES string of the molecule is CC.Cc1ccc(-c2cc(C(=O)N(C)Cc3ccccc3C)c(C)c(N(C)C)c2)cc1. The molecule has 3 aromatic rings. The Kier molecular flexibility index (Phi) is 8.44. The molecule has 0 heterocycles. The predicted octanol–water partition coefficient (Wildman–Crippen LogP) is 6.64. The number of rotatable bonds is 5. The summed E-state index contributed by atoms with van der Waals surface area (Å²) in [6.45, 7) is 10.8. The third-order valence-electron chi connectivity index (χ3n) is 5.49. The highest BCUT2D eigenvalue weighted by Gasteiger charge is 2.19. The van der Waals surface area contributed by atoms with Gasteiger partial charge in [0.1, 0.15) is 0 Å². The second-order valence-electron chi connectivity index (χ2n) is 8.02. The first-order valence-corrected chi connectivity index (χ1v) is 11.0. The van der Waals surface area contributed by atoms with Crippen LogP contribution in [0.4, 0.5) is 5.69 Å². The van der Waals surface area contributed by atoms with Crippen LogP contribution in [0.3, 0.4) is 0 Å². The van der Waals surface area contributed by atoms with Crippen molar-refractivity contribution < 1.29 is 4.79 Å². The summed E-state index contributed by atoms with van der Waals surface area (Å²) in [4.78, 5) is 17.3. The Hall–Kier alpha value is -3.07. The molecule has 3 aromatic carbocycles. The van der Waals surface area contributed by atoms with Crippen LogP contribution in [0.15, 0.2) is 60.7 Å². The molecule has 31 heavy (non-hydrogen) atoms. The molecule has 164 valence electrons. The molecule has 0 aliphatic rings. The van der Waals surface area contributed by atoms with E-state index >= 15 is 0 Å². The smallest absolute Gasteiger partial charge is 0.254 e. The van der Waals surface area contributed by atoms with Crippen LogP contribution in [-0.2, 0) is 6.54 Å². The Morgan fingerprint density at radius 3 is 2.00 bits per heavy atom. The third-order valence-corrected chi connectivity index (χ3v) is 5.49. The Morgan fingerprint density at radius 1 is 0.806 bits per heavy atom. The maximum absolute atomic E-state index is 13.4. The van der Waals surface area contributed by atoms with Crippen LogP contribution in [0, 0.1) is 20.8 Å². The van der Waals surface area contributed by atoms with E-state index in [1.54, 1.807) is 0 Å². The van der Waals surface area contributed by atoms with Crippen LogP contribution in [0.25, 0.3) is 11.1 Å². The number of benzene rings is 3. The van der Waals surface area contributed by atoms with E-state index in [9.17, 15) is 4.79 Å². The summed E-state index contributed by atoms with van der Waals surface area (Å²) in [6, 6.07) is 20.9. The van der Waals surface area contributed by atoms with Gasteiger partial charge in [0.05, 0.1) is 0 Å². The van der Waals surface area contributed by atoms with Gasteiger partial charge in [-0.3, -0.25) is 4.79 Å². The minimum absolute atomic E-state index is 0.0443. The summed E-state index contributed by atoms with van der Waals surface area (Å²) in [5.41, 5.74) is 8.60. The molecular formula is C28H36N2O. The average molecular weight is 417 g/mol. The zero-order chi connectivity index (χ0) is 23.1. The van der Waals surface area contributed by atoms with E-state index in [0.29, 0.717) is 6.54 Å². The van der Waals surface area contributed by atoms with Gasteiger partial charge < -0.3 is 9.80 Å². The topological polar surface area (TPSA) is 23.6 Å². The number of anilines is 1. The molecule has 3 nitrogen and oxygen atoms in total. The van der Waals surface area contributed by atoms with Crippen LogP contribution in [0.1, 0.15) is 46.5 Å². The normalized spacial score (nSPS) is 10.2. The van der Waals surface area contributed by atoms with E-state index in [4.69, 9.17) is 0 Å². The highest BCUT2D eigenvalue weighted by Crippen LogP contribution is 2.31. The third kappa shape index (κ3) is 5.75. The lowest BCUT2D eigenvalue weighted by Gasteiger charge is -2.24. The first kappa shape index (κ1) is 24.2. The minimum atomic E-state index is 0.0443. The maximum Gasteiger partial charge on any atom is 0.254 e. The van der Waals surface area contributed by atoms with Gasteiger partial charge >= 0.3 is 0 Å². The van der Waals surface area contributed by atoms with Crippen molar-refractivity contribution in [3.8, 4) is 11.1 Å². The van der Waals surface area contributed by atoms with Crippen molar-refractivity contribution >= 4 is 11.6 Å². The molecule has 0 saturated carbocycles. The van der Waals surface area contributed by atoms with Crippen molar-refractivity contribution in [2.45, 2.75) is 41.2 Å². The lowest BCUT2D eigenvalue weighted by Crippen LogP contribution is -2.28. The number of nitrogens with zero attached hydrogens (tertiary/aromatic N) is 2. The van der Waals surface area contributed by atoms with E-state index < -0.39 is 0 Å². The molecule has 0 bridgehead atoms. The maximum atomic E-state index is 13.4. The predicted molar refractivity (Wildman–Crippen MR) is 134 cm³/mol. The van der Waals surface area contributed by atoms with E-state index in [-0.39, 0.29) is 5.91 Å². The summed E-state index contributed by atoms with van der Waals surface area (Å²) in [7, 11) is 5.92. The largest absolute Gasteiger partial charge is 0.377 e. The fourth-order valence-corrected chi connectivity index (χ4v) is 3.62. The van der Waals surface area contributed by atoms with Gasteiger partial charge in [-0.15, -0.1) is 0 Å². The van der Waals surface area contributed by atoms with Crippen LogP contribution in [-0.4, -0.2) is 32.0 Å². The number of carbonyl (C=O) groups is 1. The molecule has 3 heteroatoms. The Labute approximate surface area is 188 Å². The molecule has 0 aliphatic carbocycles. The van der Waals surface area contributed by atoms with Crippen LogP contribution >= 0.6 is 0 Å². The van der Waals surface area contributed by atoms with E-state index in [1.807, 2.05) is 65.0 Å². The lowest BCUT2D eigenvalue weighted by molar-refractivity contribution is 0.0784. The molecule has 0 spiro atoms. The summed E-state index contributed by atoms with van der Waals surface area (Å²) < 4.78 is 0. The molecular weight excluding hydrogens is 380 g/mol. The van der Waals surface area contributed by atoms with Crippen molar-refractivity contribution in [2.24, 2.45) is 0 Å². The van der Waals surface area contributed by atoms with Gasteiger partial charge in [0, 0.05) is 38.9 Å². The van der Waals surface area contributed by atoms with Gasteiger partial charge in [0.2, 0.25) is 0 Å². The van der Waals surface area contributed by atoms with E-state index in [0.717, 1.165) is 27.9 Å². The van der Waals surface area contributed by atoms with E-state index in [2.05, 4.69) is 61.2 Å². The van der Waals surface area contributed by atoms with Crippen LogP contribution in [0.2, 0.25) is 0 Å². The van der Waals surface area contributed by atoms with Crippen LogP contribution in [0.5, 0.6) is 0 Å². The molecule has 3 rings (SSSR count). The van der Waals surface area contributed by atoms with Crippen LogP contribution < -0.4 is 4.90 Å². The monoisotopic (exact) mass is 416 g/mol. The Morgan fingerprint density at radius 2 is 1.42 bits per heavy atom. The highest BCUT2D eigenvalue weighted by molar-refractivity contribution is 5.98. The molecule has 0 fully saturated rings. The second kappa shape index (κ2) is 10.8. The number of amides is 1. The summed E-state index contributed by atoms with van der Waals surface area (Å²) >= 11 is 0. The minimum Gasteiger partial charge on any atom is -0.377 e. The Bertz CT molecular complexity index is 1020. The van der Waals surface area contributed by atoms with Crippen molar-refractivity contribution in [1.82, 2.24) is 4.90 Å². The summed E-state index contributed by atoms with van der Waals surface area (Å²) in [5.74, 6) is 0.0443. The lowest BCUT2D eigenvalue weighted by atomic mass is 9.96. The molecule has 0 aliphatic heterocycles. The Balaban J connectivity index is 0.00000166. The first-order valence-electron chi connectivity index (χ1n) is 11.0. The van der Waals surface area contributed by atoms with E-state index in [1.165, 1.54) is 16.7 Å². The molecule has 0 aromatic heterocycles. The fourth-order valence-electron chi connectivity index (χ4n) is 3.62. The average Bonchev–Trinajstić information content (AvgIpc) is 2.77. The quantitative estimate of drug-likeness (QED) is 0.465. The standard InChI is InChI=1S/C26H30N2O.C2H6/c1-18-11-13-21(14-12-18)23-15-24(20(3)25(16-23)27(4)5)26(29)28(6)17-22-10-8-7-9-19(22)2;1-2/h7-16H,17H2,1-6H3;1-2H3. The zero-order valence-corrected chi connectivity index (χ0v) is 20.3. The van der Waals surface area contributed by atoms with Gasteiger partial charge in [-0.25, -0.2) is 0 Å². The summed E-state index contributed by atoms with van der Waals surface area (Å²) in [5, 5.41) is 0. The number of carbonyl (C=O) groups excluding carboxylic acids is 1. The highest BCUT2D eigenvalue weighted by atomic mass is 16.2. The second-order valence-corrected chi connectivity index (χ2v) is 8.02. The van der Waals surface area contributed by atoms with Gasteiger partial charge in [-0.05, 0) is 60.7 Å². The number of hydrogen-bond donors (Lipinski definition) is 0. The molecule has 0 radical (unpaired) electrons. The van der Waals surface area contributed by atoms with Gasteiger partial charge in [0.25, 0.3) is 5.91 Å². The summed E-state index contributed by atoms with van der Waals surface area (Å²) in [6.07, 6.45) is 0. The van der Waals surface area contributed by atoms with Gasteiger partial charge in [-0.2, -0.15) is 0 Å². The van der Waals surface area contributed by atoms with Crippen molar-refractivity contribution in [2.75, 3.05) is 26.0 Å². The molecule has 0 atom stereocenters. The first-order chi connectivity index (χ1) is 14.8. The molecule has 0 unspecified atom stereocenters. The molecule has 1 amide bonds. The number of aryl methyl sites for hydroxylation is 2. The fraction of sp³-hybridized carbons (Fsp3) is 0.321. The van der Waals surface area contributed by atoms with Gasteiger partial charge in [-0.1, -0.05) is 67.9 Å². The van der Waals surface area contributed by atoms with Gasteiger partial charge in [0.15, 0.2) is 0 Å². The van der Waals surface area contributed by atoms with Crippen molar-refractivity contribution in [3.05, 3.63) is 88.5 Å². The van der Waals surface area contributed by atoms with Crippen molar-refractivity contribution in [3.63, 3.8) is 0 Å². The molecule has 0 saturated heterocycles. The zero-order valence-electron chi connectivity index (χ0n) is 20.3. The number of hydrogen-bond acceptors (Lipinski definition) is 2. The molecule has 0 N–H and O–H groups in total. The van der Waals surface area contributed by atoms with Crippen molar-refractivity contribution in [1.29, 1.82) is 0 Å².